The van der Waals surface area contributed by atoms with Crippen LogP contribution in [0.4, 0.5) is 8.78 Å². The molecule has 19 heavy (non-hydrogen) atoms. The normalized spacial score (nSPS) is 12.3. The van der Waals surface area contributed by atoms with E-state index in [0.717, 1.165) is 9.13 Å². The SMILES string of the molecule is COc1ccc(C(Br)c2ccc(F)cc2I)c(F)c1. The summed E-state index contributed by atoms with van der Waals surface area (Å²) < 4.78 is 32.8. The Bertz CT molecular complexity index is 604. The van der Waals surface area contributed by atoms with Gasteiger partial charge >= 0.3 is 0 Å². The van der Waals surface area contributed by atoms with Crippen molar-refractivity contribution in [3.63, 3.8) is 0 Å². The molecule has 0 aliphatic carbocycles. The van der Waals surface area contributed by atoms with Gasteiger partial charge < -0.3 is 4.74 Å². The highest BCUT2D eigenvalue weighted by atomic mass is 127. The highest BCUT2D eigenvalue weighted by Crippen LogP contribution is 2.36. The fraction of sp³-hybridized carbons (Fsp3) is 0.143. The van der Waals surface area contributed by atoms with E-state index >= 15 is 0 Å². The van der Waals surface area contributed by atoms with Gasteiger partial charge in [-0.2, -0.15) is 0 Å². The molecule has 0 saturated carbocycles. The third-order valence-corrected chi connectivity index (χ3v) is 4.64. The van der Waals surface area contributed by atoms with Crippen molar-refractivity contribution >= 4 is 38.5 Å². The fourth-order valence-corrected chi connectivity index (χ4v) is 3.70. The van der Waals surface area contributed by atoms with Crippen LogP contribution in [0.15, 0.2) is 36.4 Å². The molecule has 0 amide bonds. The van der Waals surface area contributed by atoms with Gasteiger partial charge in [0.1, 0.15) is 17.4 Å². The van der Waals surface area contributed by atoms with E-state index in [-0.39, 0.29) is 16.5 Å². The zero-order valence-corrected chi connectivity index (χ0v) is 13.7. The second kappa shape index (κ2) is 6.17. The highest BCUT2D eigenvalue weighted by molar-refractivity contribution is 14.1. The van der Waals surface area contributed by atoms with Gasteiger partial charge in [-0.3, -0.25) is 0 Å². The molecule has 0 spiro atoms. The van der Waals surface area contributed by atoms with Gasteiger partial charge in [0.05, 0.1) is 11.9 Å². The number of ether oxygens (including phenoxy) is 1. The number of hydrogen-bond donors (Lipinski definition) is 0. The Kier molecular flexibility index (Phi) is 4.78. The molecular formula is C14H10BrF2IO. The Balaban J connectivity index is 2.41. The predicted octanol–water partition coefficient (Wildman–Crippen LogP) is 5.06. The Morgan fingerprint density at radius 3 is 2.37 bits per heavy atom. The molecule has 1 nitrogen and oxygen atoms in total. The van der Waals surface area contributed by atoms with Gasteiger partial charge in [0, 0.05) is 15.2 Å². The van der Waals surface area contributed by atoms with E-state index in [1.165, 1.54) is 25.3 Å². The number of alkyl halides is 1. The zero-order chi connectivity index (χ0) is 14.0. The van der Waals surface area contributed by atoms with Crippen LogP contribution in [0, 0.1) is 15.2 Å². The van der Waals surface area contributed by atoms with Crippen LogP contribution in [0.2, 0.25) is 0 Å². The summed E-state index contributed by atoms with van der Waals surface area (Å²) >= 11 is 5.50. The average molecular weight is 439 g/mol. The molecule has 0 radical (unpaired) electrons. The highest BCUT2D eigenvalue weighted by Gasteiger charge is 2.18. The van der Waals surface area contributed by atoms with Crippen LogP contribution in [-0.4, -0.2) is 7.11 Å². The van der Waals surface area contributed by atoms with Crippen LogP contribution < -0.4 is 4.74 Å². The maximum Gasteiger partial charge on any atom is 0.131 e. The fourth-order valence-electron chi connectivity index (χ4n) is 1.71. The van der Waals surface area contributed by atoms with Gasteiger partial charge in [-0.25, -0.2) is 8.78 Å². The Morgan fingerprint density at radius 1 is 1.11 bits per heavy atom. The number of halogens is 4. The Labute approximate surface area is 132 Å². The summed E-state index contributed by atoms with van der Waals surface area (Å²) in [6.45, 7) is 0. The van der Waals surface area contributed by atoms with Crippen molar-refractivity contribution in [3.8, 4) is 5.75 Å². The van der Waals surface area contributed by atoms with Gasteiger partial charge in [-0.05, 0) is 46.4 Å². The molecule has 0 aliphatic rings. The lowest BCUT2D eigenvalue weighted by Crippen LogP contribution is -2.00. The van der Waals surface area contributed by atoms with E-state index in [2.05, 4.69) is 15.9 Å². The van der Waals surface area contributed by atoms with Crippen LogP contribution in [0.3, 0.4) is 0 Å². The molecule has 0 heterocycles. The van der Waals surface area contributed by atoms with E-state index in [4.69, 9.17) is 4.74 Å². The third-order valence-electron chi connectivity index (χ3n) is 2.72. The van der Waals surface area contributed by atoms with Crippen molar-refractivity contribution in [2.24, 2.45) is 0 Å². The third kappa shape index (κ3) is 3.25. The van der Waals surface area contributed by atoms with E-state index in [0.29, 0.717) is 11.3 Å². The minimum atomic E-state index is -0.360. The van der Waals surface area contributed by atoms with E-state index in [9.17, 15) is 8.78 Å². The van der Waals surface area contributed by atoms with E-state index in [1.54, 1.807) is 18.2 Å². The summed E-state index contributed by atoms with van der Waals surface area (Å²) in [5, 5.41) is 0. The van der Waals surface area contributed by atoms with Crippen molar-refractivity contribution in [1.29, 1.82) is 0 Å². The Morgan fingerprint density at radius 2 is 1.79 bits per heavy atom. The summed E-state index contributed by atoms with van der Waals surface area (Å²) in [6.07, 6.45) is 0. The smallest absolute Gasteiger partial charge is 0.131 e. The lowest BCUT2D eigenvalue weighted by Gasteiger charge is -2.14. The molecule has 0 N–H and O–H groups in total. The van der Waals surface area contributed by atoms with Crippen molar-refractivity contribution in [2.75, 3.05) is 7.11 Å². The molecule has 5 heteroatoms. The molecule has 2 aromatic carbocycles. The minimum Gasteiger partial charge on any atom is -0.497 e. The minimum absolute atomic E-state index is 0.303. The van der Waals surface area contributed by atoms with Gasteiger partial charge in [0.2, 0.25) is 0 Å². The summed E-state index contributed by atoms with van der Waals surface area (Å²) in [7, 11) is 1.49. The molecule has 1 atom stereocenters. The quantitative estimate of drug-likeness (QED) is 0.480. The molecule has 0 aliphatic heterocycles. The first-order valence-electron chi connectivity index (χ1n) is 5.45. The molecule has 0 fully saturated rings. The maximum absolute atomic E-state index is 14.0. The lowest BCUT2D eigenvalue weighted by atomic mass is 10.0. The predicted molar refractivity (Wildman–Crippen MR) is 82.8 cm³/mol. The summed E-state index contributed by atoms with van der Waals surface area (Å²) in [5.74, 6) is -0.195. The first-order valence-corrected chi connectivity index (χ1v) is 7.45. The van der Waals surface area contributed by atoms with E-state index < -0.39 is 0 Å². The number of hydrogen-bond acceptors (Lipinski definition) is 1. The van der Waals surface area contributed by atoms with Crippen LogP contribution >= 0.6 is 38.5 Å². The van der Waals surface area contributed by atoms with Crippen LogP contribution in [0.1, 0.15) is 16.0 Å². The first-order chi connectivity index (χ1) is 9.02. The van der Waals surface area contributed by atoms with Gasteiger partial charge in [0.15, 0.2) is 0 Å². The molecule has 0 bridgehead atoms. The van der Waals surface area contributed by atoms with E-state index in [1.807, 2.05) is 22.6 Å². The topological polar surface area (TPSA) is 9.23 Å². The van der Waals surface area contributed by atoms with Gasteiger partial charge in [-0.15, -0.1) is 0 Å². The molecule has 0 aromatic heterocycles. The number of methoxy groups -OCH3 is 1. The van der Waals surface area contributed by atoms with Crippen molar-refractivity contribution in [1.82, 2.24) is 0 Å². The van der Waals surface area contributed by atoms with Gasteiger partial charge in [-0.1, -0.05) is 28.1 Å². The first kappa shape index (κ1) is 14.7. The van der Waals surface area contributed by atoms with Crippen molar-refractivity contribution in [2.45, 2.75) is 4.83 Å². The lowest BCUT2D eigenvalue weighted by molar-refractivity contribution is 0.411. The molecule has 0 saturated heterocycles. The number of benzene rings is 2. The second-order valence-corrected chi connectivity index (χ2v) is 5.99. The molecule has 2 aromatic rings. The average Bonchev–Trinajstić information content (AvgIpc) is 2.37. The second-order valence-electron chi connectivity index (χ2n) is 3.92. The summed E-state index contributed by atoms with van der Waals surface area (Å²) in [4.78, 5) is -0.328. The van der Waals surface area contributed by atoms with Gasteiger partial charge in [0.25, 0.3) is 0 Å². The maximum atomic E-state index is 14.0. The summed E-state index contributed by atoms with van der Waals surface area (Å²) in [5.41, 5.74) is 1.32. The molecular weight excluding hydrogens is 429 g/mol. The standard InChI is InChI=1S/C14H10BrF2IO/c1-19-9-3-5-10(12(17)7-9)14(15)11-4-2-8(16)6-13(11)18/h2-7,14H,1H3. The molecule has 100 valence electrons. The molecule has 2 rings (SSSR count). The van der Waals surface area contributed by atoms with Crippen LogP contribution in [0.5, 0.6) is 5.75 Å². The number of rotatable bonds is 3. The monoisotopic (exact) mass is 438 g/mol. The summed E-state index contributed by atoms with van der Waals surface area (Å²) in [6, 6.07) is 9.13. The van der Waals surface area contributed by atoms with Crippen LogP contribution in [0.25, 0.3) is 0 Å². The van der Waals surface area contributed by atoms with Crippen molar-refractivity contribution in [3.05, 3.63) is 62.7 Å². The zero-order valence-electron chi connectivity index (χ0n) is 9.96. The Hall–Kier alpha value is -0.690. The molecule has 1 unspecified atom stereocenters. The van der Waals surface area contributed by atoms with Crippen LogP contribution in [-0.2, 0) is 0 Å². The van der Waals surface area contributed by atoms with Crippen molar-refractivity contribution < 1.29 is 13.5 Å². The largest absolute Gasteiger partial charge is 0.497 e.